The van der Waals surface area contributed by atoms with Crippen molar-refractivity contribution in [2.45, 2.75) is 65.5 Å². The van der Waals surface area contributed by atoms with E-state index >= 15 is 0 Å². The molecule has 1 fully saturated rings. The van der Waals surface area contributed by atoms with Crippen LogP contribution in [0.15, 0.2) is 0 Å². The molecule has 3 heteroatoms. The van der Waals surface area contributed by atoms with Crippen LogP contribution in [0.3, 0.4) is 0 Å². The van der Waals surface area contributed by atoms with Crippen molar-refractivity contribution in [3.05, 3.63) is 17.0 Å². The number of rotatable bonds is 4. The molecule has 3 nitrogen and oxygen atoms in total. The van der Waals surface area contributed by atoms with Gasteiger partial charge < -0.3 is 5.32 Å². The van der Waals surface area contributed by atoms with E-state index in [1.807, 2.05) is 0 Å². The summed E-state index contributed by atoms with van der Waals surface area (Å²) in [6, 6.07) is 1.19. The van der Waals surface area contributed by atoms with E-state index in [9.17, 15) is 0 Å². The molecule has 1 saturated carbocycles. The summed E-state index contributed by atoms with van der Waals surface area (Å²) in [6.07, 6.45) is 5.49. The number of nitrogens with one attached hydrogen (secondary N) is 1. The van der Waals surface area contributed by atoms with Gasteiger partial charge in [0.25, 0.3) is 0 Å². The van der Waals surface area contributed by atoms with Crippen LogP contribution in [0.2, 0.25) is 0 Å². The van der Waals surface area contributed by atoms with E-state index < -0.39 is 0 Å². The number of hydrogen-bond donors (Lipinski definition) is 1. The van der Waals surface area contributed by atoms with Crippen molar-refractivity contribution in [2.75, 3.05) is 6.54 Å². The van der Waals surface area contributed by atoms with Crippen LogP contribution in [0.25, 0.3) is 0 Å². The molecule has 0 spiro atoms. The Labute approximate surface area is 105 Å². The van der Waals surface area contributed by atoms with Crippen molar-refractivity contribution in [2.24, 2.45) is 0 Å². The number of hydrogen-bond acceptors (Lipinski definition) is 2. The van der Waals surface area contributed by atoms with E-state index in [1.54, 1.807) is 0 Å². The molecule has 0 aromatic carbocycles. The molecule has 96 valence electrons. The van der Waals surface area contributed by atoms with Crippen LogP contribution in [0.4, 0.5) is 0 Å². The van der Waals surface area contributed by atoms with E-state index in [0.717, 1.165) is 18.3 Å². The molecule has 0 aliphatic heterocycles. The Morgan fingerprint density at radius 2 is 1.94 bits per heavy atom. The fraction of sp³-hybridized carbons (Fsp3) is 0.786. The molecule has 0 bridgehead atoms. The lowest BCUT2D eigenvalue weighted by Gasteiger charge is -2.18. The Balaban J connectivity index is 1.94. The monoisotopic (exact) mass is 235 g/mol. The van der Waals surface area contributed by atoms with E-state index in [1.165, 1.54) is 36.9 Å². The lowest BCUT2D eigenvalue weighted by molar-refractivity contribution is 0.409. The predicted molar refractivity (Wildman–Crippen MR) is 71.4 cm³/mol. The number of aryl methyl sites for hydroxylation is 1. The van der Waals surface area contributed by atoms with E-state index in [-0.39, 0.29) is 0 Å². The van der Waals surface area contributed by atoms with Gasteiger partial charge in [-0.15, -0.1) is 0 Å². The zero-order chi connectivity index (χ0) is 12.4. The molecular formula is C14H25N3. The van der Waals surface area contributed by atoms with Crippen molar-refractivity contribution in [3.63, 3.8) is 0 Å². The first-order valence-corrected chi connectivity index (χ1v) is 6.85. The Kier molecular flexibility index (Phi) is 3.87. The Hall–Kier alpha value is -0.830. The van der Waals surface area contributed by atoms with Gasteiger partial charge in [-0.2, -0.15) is 5.10 Å². The summed E-state index contributed by atoms with van der Waals surface area (Å²) in [6.45, 7) is 9.70. The minimum atomic E-state index is 0.447. The van der Waals surface area contributed by atoms with Gasteiger partial charge >= 0.3 is 0 Å². The molecule has 1 N–H and O–H groups in total. The minimum Gasteiger partial charge on any atom is -0.312 e. The summed E-state index contributed by atoms with van der Waals surface area (Å²) in [5, 5.41) is 8.31. The summed E-state index contributed by atoms with van der Waals surface area (Å²) in [5.74, 6) is 0. The van der Waals surface area contributed by atoms with Crippen molar-refractivity contribution in [1.82, 2.24) is 15.1 Å². The SMILES string of the molecule is Cc1nn(C(C)CNC2CCCC2)c(C)c1C. The normalized spacial score (nSPS) is 18.8. The van der Waals surface area contributed by atoms with Gasteiger partial charge in [0.05, 0.1) is 11.7 Å². The topological polar surface area (TPSA) is 29.9 Å². The first kappa shape index (κ1) is 12.6. The molecular weight excluding hydrogens is 210 g/mol. The van der Waals surface area contributed by atoms with Crippen LogP contribution < -0.4 is 5.32 Å². The fourth-order valence-electron chi connectivity index (χ4n) is 2.73. The smallest absolute Gasteiger partial charge is 0.0625 e. The third-order valence-corrected chi connectivity index (χ3v) is 4.16. The second kappa shape index (κ2) is 5.21. The molecule has 0 radical (unpaired) electrons. The van der Waals surface area contributed by atoms with Gasteiger partial charge in [-0.25, -0.2) is 0 Å². The highest BCUT2D eigenvalue weighted by molar-refractivity contribution is 5.22. The maximum Gasteiger partial charge on any atom is 0.0625 e. The van der Waals surface area contributed by atoms with Crippen molar-refractivity contribution < 1.29 is 0 Å². The Bertz CT molecular complexity index is 375. The van der Waals surface area contributed by atoms with Crippen molar-refractivity contribution >= 4 is 0 Å². The molecule has 1 aliphatic carbocycles. The van der Waals surface area contributed by atoms with Gasteiger partial charge in [-0.1, -0.05) is 12.8 Å². The van der Waals surface area contributed by atoms with Crippen molar-refractivity contribution in [3.8, 4) is 0 Å². The molecule has 1 aliphatic rings. The Morgan fingerprint density at radius 1 is 1.29 bits per heavy atom. The second-order valence-electron chi connectivity index (χ2n) is 5.48. The summed E-state index contributed by atoms with van der Waals surface area (Å²) in [5.41, 5.74) is 3.80. The molecule has 1 aromatic rings. The average Bonchev–Trinajstić information content (AvgIpc) is 2.91. The minimum absolute atomic E-state index is 0.447. The van der Waals surface area contributed by atoms with Crippen LogP contribution in [-0.2, 0) is 0 Å². The van der Waals surface area contributed by atoms with Gasteiger partial charge in [-0.3, -0.25) is 4.68 Å². The maximum atomic E-state index is 4.63. The molecule has 1 heterocycles. The van der Waals surface area contributed by atoms with Crippen LogP contribution in [-0.4, -0.2) is 22.4 Å². The third kappa shape index (κ3) is 2.71. The van der Waals surface area contributed by atoms with Gasteiger partial charge in [0.2, 0.25) is 0 Å². The Morgan fingerprint density at radius 3 is 2.47 bits per heavy atom. The van der Waals surface area contributed by atoms with E-state index in [0.29, 0.717) is 6.04 Å². The van der Waals surface area contributed by atoms with Gasteiger partial charge in [0, 0.05) is 18.3 Å². The highest BCUT2D eigenvalue weighted by atomic mass is 15.3. The largest absolute Gasteiger partial charge is 0.312 e. The second-order valence-corrected chi connectivity index (χ2v) is 5.48. The first-order valence-electron chi connectivity index (χ1n) is 6.85. The molecule has 2 rings (SSSR count). The average molecular weight is 235 g/mol. The summed E-state index contributed by atoms with van der Waals surface area (Å²) in [4.78, 5) is 0. The molecule has 1 aromatic heterocycles. The molecule has 1 atom stereocenters. The van der Waals surface area contributed by atoms with Crippen molar-refractivity contribution in [1.29, 1.82) is 0 Å². The summed E-state index contributed by atoms with van der Waals surface area (Å²) >= 11 is 0. The quantitative estimate of drug-likeness (QED) is 0.869. The molecule has 0 amide bonds. The first-order chi connectivity index (χ1) is 8.09. The third-order valence-electron chi connectivity index (χ3n) is 4.16. The van der Waals surface area contributed by atoms with Crippen LogP contribution in [0, 0.1) is 20.8 Å². The number of nitrogens with zero attached hydrogens (tertiary/aromatic N) is 2. The van der Waals surface area contributed by atoms with E-state index in [4.69, 9.17) is 0 Å². The summed E-state index contributed by atoms with van der Waals surface area (Å²) in [7, 11) is 0. The van der Waals surface area contributed by atoms with E-state index in [2.05, 4.69) is 42.8 Å². The van der Waals surface area contributed by atoms with Gasteiger partial charge in [-0.05, 0) is 46.1 Å². The fourth-order valence-corrected chi connectivity index (χ4v) is 2.73. The highest BCUT2D eigenvalue weighted by Crippen LogP contribution is 2.19. The van der Waals surface area contributed by atoms with Crippen LogP contribution >= 0.6 is 0 Å². The predicted octanol–water partition coefficient (Wildman–Crippen LogP) is 2.90. The zero-order valence-corrected chi connectivity index (χ0v) is 11.6. The highest BCUT2D eigenvalue weighted by Gasteiger charge is 2.17. The molecule has 17 heavy (non-hydrogen) atoms. The maximum absolute atomic E-state index is 4.63. The molecule has 0 saturated heterocycles. The van der Waals surface area contributed by atoms with Gasteiger partial charge in [0.1, 0.15) is 0 Å². The number of aromatic nitrogens is 2. The lowest BCUT2D eigenvalue weighted by atomic mass is 10.2. The van der Waals surface area contributed by atoms with Crippen LogP contribution in [0.5, 0.6) is 0 Å². The lowest BCUT2D eigenvalue weighted by Crippen LogP contribution is -2.32. The zero-order valence-electron chi connectivity index (χ0n) is 11.6. The van der Waals surface area contributed by atoms with Crippen LogP contribution in [0.1, 0.15) is 55.6 Å². The standard InChI is InChI=1S/C14H25N3/c1-10(9-15-14-7-5-6-8-14)17-13(4)11(2)12(3)16-17/h10,14-15H,5-9H2,1-4H3. The van der Waals surface area contributed by atoms with Gasteiger partial charge in [0.15, 0.2) is 0 Å². The molecule has 1 unspecified atom stereocenters. The summed E-state index contributed by atoms with van der Waals surface area (Å²) < 4.78 is 2.17.